The van der Waals surface area contributed by atoms with E-state index in [1.165, 1.54) is 64.2 Å². The molecule has 0 radical (unpaired) electrons. The van der Waals surface area contributed by atoms with Crippen LogP contribution in [0.5, 0.6) is 0 Å². The highest BCUT2D eigenvalue weighted by molar-refractivity contribution is 7.54. The van der Waals surface area contributed by atoms with Crippen LogP contribution in [0, 0.1) is 17.3 Å². The Kier molecular flexibility index (Phi) is 7.63. The zero-order valence-electron chi connectivity index (χ0n) is 17.7. The van der Waals surface area contributed by atoms with Crippen molar-refractivity contribution >= 4 is 15.2 Å². The van der Waals surface area contributed by atoms with Crippen LogP contribution < -0.4 is 0 Å². The van der Waals surface area contributed by atoms with Crippen LogP contribution in [0.3, 0.4) is 0 Å². The molecular weight excluding hydrogens is 410 g/mol. The van der Waals surface area contributed by atoms with Gasteiger partial charge in [0, 0.05) is 0 Å². The number of rotatable bonds is 6. The Balaban J connectivity index is 1.20. The van der Waals surface area contributed by atoms with Gasteiger partial charge in [0.1, 0.15) is 0 Å². The first-order valence-electron chi connectivity index (χ1n) is 11.7. The van der Waals surface area contributed by atoms with Crippen LogP contribution in [0.25, 0.3) is 0 Å². The van der Waals surface area contributed by atoms with Crippen molar-refractivity contribution in [2.24, 2.45) is 17.3 Å². The Morgan fingerprint density at radius 3 is 1.28 bits per heavy atom. The van der Waals surface area contributed by atoms with E-state index in [4.69, 9.17) is 18.1 Å². The summed E-state index contributed by atoms with van der Waals surface area (Å²) in [5.41, 5.74) is -0.475. The Bertz CT molecular complexity index is 545. The molecule has 2 aliphatic carbocycles. The lowest BCUT2D eigenvalue weighted by molar-refractivity contribution is -0.0687. The Labute approximate surface area is 175 Å². The maximum absolute atomic E-state index is 12.9. The highest BCUT2D eigenvalue weighted by Crippen LogP contribution is 2.60. The molecule has 4 aliphatic rings. The Morgan fingerprint density at radius 2 is 0.931 bits per heavy atom. The molecule has 2 aliphatic heterocycles. The van der Waals surface area contributed by atoms with Gasteiger partial charge in [-0.2, -0.15) is 0 Å². The minimum absolute atomic E-state index is 0.303. The quantitative estimate of drug-likeness (QED) is 0.438. The predicted octanol–water partition coefficient (Wildman–Crippen LogP) is 6.39. The van der Waals surface area contributed by atoms with Crippen molar-refractivity contribution in [3.05, 3.63) is 0 Å². The Hall–Kier alpha value is 0.300. The maximum Gasteiger partial charge on any atom is 0.330 e. The molecule has 0 aromatic heterocycles. The fourth-order valence-electron chi connectivity index (χ4n) is 5.16. The summed E-state index contributed by atoms with van der Waals surface area (Å²) in [4.78, 5) is 0. The summed E-state index contributed by atoms with van der Waals surface area (Å²) in [7, 11) is -6.03. The predicted molar refractivity (Wildman–Crippen MR) is 114 cm³/mol. The molecule has 168 valence electrons. The van der Waals surface area contributed by atoms with Crippen LogP contribution in [-0.4, -0.2) is 38.8 Å². The van der Waals surface area contributed by atoms with Gasteiger partial charge in [-0.3, -0.25) is 9.13 Å². The molecule has 0 aromatic carbocycles. The Morgan fingerprint density at radius 1 is 0.586 bits per heavy atom. The van der Waals surface area contributed by atoms with Crippen molar-refractivity contribution < 1.29 is 27.2 Å². The second-order valence-corrected chi connectivity index (χ2v) is 14.2. The van der Waals surface area contributed by atoms with E-state index in [0.29, 0.717) is 50.6 Å². The molecule has 8 heteroatoms. The second-order valence-electron chi connectivity index (χ2n) is 9.85. The average molecular weight is 448 g/mol. The molecule has 2 saturated heterocycles. The molecular formula is C21H38O6P2. The fourth-order valence-corrected chi connectivity index (χ4v) is 9.07. The van der Waals surface area contributed by atoms with Crippen LogP contribution in [0.4, 0.5) is 0 Å². The van der Waals surface area contributed by atoms with Gasteiger partial charge in [-0.25, -0.2) is 0 Å². The highest BCUT2D eigenvalue weighted by Gasteiger charge is 2.48. The molecule has 6 nitrogen and oxygen atoms in total. The van der Waals surface area contributed by atoms with E-state index < -0.39 is 20.6 Å². The molecule has 2 heterocycles. The molecule has 2 saturated carbocycles. The van der Waals surface area contributed by atoms with Gasteiger partial charge >= 0.3 is 15.2 Å². The third-order valence-corrected chi connectivity index (χ3v) is 11.0. The van der Waals surface area contributed by atoms with Gasteiger partial charge in [-0.15, -0.1) is 0 Å². The zero-order chi connectivity index (χ0) is 20.2. The van der Waals surface area contributed by atoms with Crippen molar-refractivity contribution in [1.29, 1.82) is 0 Å². The van der Waals surface area contributed by atoms with E-state index in [1.54, 1.807) is 0 Å². The summed E-state index contributed by atoms with van der Waals surface area (Å²) in [6.07, 6.45) is 15.6. The largest absolute Gasteiger partial charge is 0.330 e. The fraction of sp³-hybridized carbons (Fsp3) is 1.00. The molecule has 0 unspecified atom stereocenters. The maximum atomic E-state index is 12.9. The summed E-state index contributed by atoms with van der Waals surface area (Å²) >= 11 is 0. The van der Waals surface area contributed by atoms with E-state index in [9.17, 15) is 9.13 Å². The van der Waals surface area contributed by atoms with Gasteiger partial charge in [0.05, 0.1) is 44.2 Å². The van der Waals surface area contributed by atoms with Crippen LogP contribution in [-0.2, 0) is 27.2 Å². The van der Waals surface area contributed by atoms with Gasteiger partial charge in [-0.05, 0) is 24.7 Å². The summed E-state index contributed by atoms with van der Waals surface area (Å²) in [5.74, 6) is 1.32. The summed E-state index contributed by atoms with van der Waals surface area (Å²) < 4.78 is 48.9. The highest BCUT2D eigenvalue weighted by atomic mass is 31.2. The molecule has 1 spiro atoms. The normalized spacial score (nSPS) is 40.3. The minimum Gasteiger partial charge on any atom is -0.308 e. The second kappa shape index (κ2) is 9.84. The van der Waals surface area contributed by atoms with Crippen LogP contribution in [0.15, 0.2) is 0 Å². The third kappa shape index (κ3) is 6.18. The first-order valence-corrected chi connectivity index (χ1v) is 15.2. The van der Waals surface area contributed by atoms with Gasteiger partial charge < -0.3 is 18.1 Å². The molecule has 0 aromatic rings. The van der Waals surface area contributed by atoms with Crippen LogP contribution in [0.2, 0.25) is 0 Å². The van der Waals surface area contributed by atoms with Crippen molar-refractivity contribution in [3.63, 3.8) is 0 Å². The van der Waals surface area contributed by atoms with E-state index in [0.717, 1.165) is 12.8 Å². The number of hydrogen-bond acceptors (Lipinski definition) is 6. The van der Waals surface area contributed by atoms with Gasteiger partial charge in [0.25, 0.3) is 0 Å². The van der Waals surface area contributed by atoms with E-state index >= 15 is 0 Å². The number of hydrogen-bond donors (Lipinski definition) is 0. The van der Waals surface area contributed by atoms with E-state index in [1.807, 2.05) is 0 Å². The monoisotopic (exact) mass is 448 g/mol. The topological polar surface area (TPSA) is 71.1 Å². The third-order valence-electron chi connectivity index (χ3n) is 7.34. The van der Waals surface area contributed by atoms with E-state index in [-0.39, 0.29) is 0 Å². The summed E-state index contributed by atoms with van der Waals surface area (Å²) in [6, 6.07) is 0. The van der Waals surface area contributed by atoms with Gasteiger partial charge in [0.2, 0.25) is 0 Å². The first kappa shape index (κ1) is 22.5. The average Bonchev–Trinajstić information content (AvgIpc) is 2.77. The van der Waals surface area contributed by atoms with Crippen molar-refractivity contribution in [1.82, 2.24) is 0 Å². The van der Waals surface area contributed by atoms with Crippen LogP contribution >= 0.6 is 15.2 Å². The molecule has 4 rings (SSSR count). The lowest BCUT2D eigenvalue weighted by atomic mass is 9.88. The van der Waals surface area contributed by atoms with Crippen LogP contribution in [0.1, 0.15) is 77.0 Å². The van der Waals surface area contributed by atoms with Gasteiger partial charge in [0.15, 0.2) is 0 Å². The van der Waals surface area contributed by atoms with Crippen molar-refractivity contribution in [3.8, 4) is 0 Å². The lowest BCUT2D eigenvalue weighted by Crippen LogP contribution is -2.46. The zero-order valence-corrected chi connectivity index (χ0v) is 19.5. The van der Waals surface area contributed by atoms with Gasteiger partial charge in [-0.1, -0.05) is 64.2 Å². The molecule has 0 amide bonds. The van der Waals surface area contributed by atoms with E-state index in [2.05, 4.69) is 0 Å². The SMILES string of the molecule is O=P1(CCC2CCCCC2)OCC2(CO1)COP(=O)(CCC1CCCCC1)OC2. The lowest BCUT2D eigenvalue weighted by Gasteiger charge is -2.43. The first-order chi connectivity index (χ1) is 14.0. The summed E-state index contributed by atoms with van der Waals surface area (Å²) in [6.45, 7) is 1.21. The standard InChI is InChI=1S/C21H38O6P2/c22-28(13-11-19-7-3-1-4-8-19)24-15-21(16-25-28)17-26-29(23,27-18-21)14-12-20-9-5-2-6-10-20/h19-20H,1-18H2. The van der Waals surface area contributed by atoms with Crippen molar-refractivity contribution in [2.45, 2.75) is 77.0 Å². The molecule has 0 N–H and O–H groups in total. The molecule has 4 fully saturated rings. The molecule has 0 bridgehead atoms. The molecule has 29 heavy (non-hydrogen) atoms. The van der Waals surface area contributed by atoms with Crippen molar-refractivity contribution in [2.75, 3.05) is 38.8 Å². The molecule has 0 atom stereocenters. The smallest absolute Gasteiger partial charge is 0.308 e. The summed E-state index contributed by atoms with van der Waals surface area (Å²) in [5, 5.41) is 0. The minimum atomic E-state index is -3.02.